The van der Waals surface area contributed by atoms with Gasteiger partial charge in [-0.3, -0.25) is 4.90 Å². The highest BCUT2D eigenvalue weighted by Crippen LogP contribution is 2.36. The van der Waals surface area contributed by atoms with Crippen molar-refractivity contribution in [3.8, 4) is 11.5 Å². The number of aromatic nitrogens is 2. The fraction of sp³-hybridized carbons (Fsp3) is 0.438. The molecule has 2 heterocycles. The molecule has 126 valence electrons. The molecule has 1 aromatic carbocycles. The van der Waals surface area contributed by atoms with Gasteiger partial charge in [-0.25, -0.2) is 9.18 Å². The summed E-state index contributed by atoms with van der Waals surface area (Å²) in [5.41, 5.74) is 6.49. The lowest BCUT2D eigenvalue weighted by Crippen LogP contribution is -2.34. The molecule has 3 N–H and O–H groups in total. The zero-order valence-corrected chi connectivity index (χ0v) is 13.1. The second-order valence-corrected chi connectivity index (χ2v) is 6.33. The summed E-state index contributed by atoms with van der Waals surface area (Å²) in [4.78, 5) is 17.6. The third-order valence-corrected chi connectivity index (χ3v) is 4.72. The molecular formula is C16H18FN5O2. The summed E-state index contributed by atoms with van der Waals surface area (Å²) in [6.45, 7) is 1.09. The van der Waals surface area contributed by atoms with Crippen LogP contribution in [0.25, 0.3) is 11.5 Å². The van der Waals surface area contributed by atoms with Gasteiger partial charge >= 0.3 is 6.03 Å². The molecule has 7 nitrogen and oxygen atoms in total. The summed E-state index contributed by atoms with van der Waals surface area (Å²) in [7, 11) is 0. The summed E-state index contributed by atoms with van der Waals surface area (Å²) < 4.78 is 19.5. The van der Waals surface area contributed by atoms with Gasteiger partial charge in [-0.15, -0.1) is 0 Å². The molecule has 1 aromatic heterocycles. The molecule has 2 aromatic rings. The quantitative estimate of drug-likeness (QED) is 0.898. The largest absolute Gasteiger partial charge is 0.336 e. The Morgan fingerprint density at radius 3 is 2.83 bits per heavy atom. The van der Waals surface area contributed by atoms with Crippen LogP contribution < -0.4 is 16.0 Å². The molecule has 0 unspecified atom stereocenters. The fourth-order valence-electron chi connectivity index (χ4n) is 3.33. The van der Waals surface area contributed by atoms with E-state index < -0.39 is 11.4 Å². The van der Waals surface area contributed by atoms with E-state index in [0.29, 0.717) is 24.6 Å². The van der Waals surface area contributed by atoms with Gasteiger partial charge in [0, 0.05) is 18.8 Å². The van der Waals surface area contributed by atoms with Crippen LogP contribution in [0.3, 0.4) is 0 Å². The van der Waals surface area contributed by atoms with Crippen LogP contribution in [0.4, 0.5) is 14.9 Å². The van der Waals surface area contributed by atoms with Crippen molar-refractivity contribution in [2.75, 3.05) is 18.0 Å². The van der Waals surface area contributed by atoms with E-state index >= 15 is 0 Å². The van der Waals surface area contributed by atoms with Crippen molar-refractivity contribution >= 4 is 11.7 Å². The minimum Gasteiger partial charge on any atom is -0.336 e. The number of nitrogens with two attached hydrogens (primary N) is 1. The Balaban J connectivity index is 1.69. The topological polar surface area (TPSA) is 97.3 Å². The van der Waals surface area contributed by atoms with Gasteiger partial charge in [0.1, 0.15) is 5.82 Å². The summed E-state index contributed by atoms with van der Waals surface area (Å²) in [5, 5.41) is 6.67. The highest BCUT2D eigenvalue weighted by Gasteiger charge is 2.36. The molecule has 2 amide bonds. The number of carbonyl (C=O) groups is 1. The van der Waals surface area contributed by atoms with Crippen molar-refractivity contribution in [1.82, 2.24) is 15.5 Å². The van der Waals surface area contributed by atoms with Gasteiger partial charge in [0.2, 0.25) is 0 Å². The number of amides is 2. The molecule has 1 saturated heterocycles. The Bertz CT molecular complexity index is 785. The van der Waals surface area contributed by atoms with Gasteiger partial charge in [0.25, 0.3) is 5.89 Å². The first kappa shape index (κ1) is 15.1. The van der Waals surface area contributed by atoms with E-state index in [1.807, 2.05) is 0 Å². The molecular weight excluding hydrogens is 313 g/mol. The van der Waals surface area contributed by atoms with Crippen molar-refractivity contribution in [2.45, 2.75) is 31.2 Å². The van der Waals surface area contributed by atoms with Crippen LogP contribution in [0.1, 0.15) is 31.5 Å². The maximum Gasteiger partial charge on any atom is 0.321 e. The predicted molar refractivity (Wildman–Crippen MR) is 84.8 cm³/mol. The van der Waals surface area contributed by atoms with Crippen LogP contribution in [-0.4, -0.2) is 29.3 Å². The highest BCUT2D eigenvalue weighted by atomic mass is 19.1. The number of benzene rings is 1. The fourth-order valence-corrected chi connectivity index (χ4v) is 3.33. The lowest BCUT2D eigenvalue weighted by Gasteiger charge is -2.17. The number of rotatable bonds is 3. The van der Waals surface area contributed by atoms with E-state index in [1.165, 1.54) is 6.07 Å². The zero-order valence-electron chi connectivity index (χ0n) is 13.1. The molecule has 4 rings (SSSR count). The molecule has 2 aliphatic rings. The number of urea groups is 1. The van der Waals surface area contributed by atoms with Gasteiger partial charge in [-0.2, -0.15) is 4.98 Å². The van der Waals surface area contributed by atoms with Crippen LogP contribution in [0.15, 0.2) is 22.7 Å². The highest BCUT2D eigenvalue weighted by molar-refractivity contribution is 5.94. The Kier molecular flexibility index (Phi) is 3.49. The predicted octanol–water partition coefficient (Wildman–Crippen LogP) is 2.13. The van der Waals surface area contributed by atoms with E-state index in [9.17, 15) is 9.18 Å². The van der Waals surface area contributed by atoms with Crippen molar-refractivity contribution in [3.63, 3.8) is 0 Å². The monoisotopic (exact) mass is 331 g/mol. The van der Waals surface area contributed by atoms with Crippen LogP contribution in [-0.2, 0) is 5.54 Å². The Morgan fingerprint density at radius 2 is 2.12 bits per heavy atom. The first-order chi connectivity index (χ1) is 11.6. The van der Waals surface area contributed by atoms with Crippen LogP contribution in [0, 0.1) is 5.82 Å². The molecule has 0 spiro atoms. The van der Waals surface area contributed by atoms with Crippen LogP contribution >= 0.6 is 0 Å². The number of nitrogens with zero attached hydrogens (tertiary/aromatic N) is 3. The molecule has 8 heteroatoms. The smallest absolute Gasteiger partial charge is 0.321 e. The molecule has 24 heavy (non-hydrogen) atoms. The normalized spacial score (nSPS) is 19.8. The average molecular weight is 331 g/mol. The number of anilines is 1. The number of carbonyl (C=O) groups excluding carboxylic acids is 1. The Labute approximate surface area is 138 Å². The van der Waals surface area contributed by atoms with Gasteiger partial charge in [0.05, 0.1) is 11.1 Å². The summed E-state index contributed by atoms with van der Waals surface area (Å²) in [5.74, 6) is 0.0189. The zero-order chi connectivity index (χ0) is 16.7. The maximum absolute atomic E-state index is 14.2. The lowest BCUT2D eigenvalue weighted by atomic mass is 9.98. The van der Waals surface area contributed by atoms with Crippen molar-refractivity contribution in [2.24, 2.45) is 5.73 Å². The van der Waals surface area contributed by atoms with Gasteiger partial charge in [-0.1, -0.05) is 18.0 Å². The van der Waals surface area contributed by atoms with Crippen LogP contribution in [0.5, 0.6) is 0 Å². The summed E-state index contributed by atoms with van der Waals surface area (Å²) >= 11 is 0. The maximum atomic E-state index is 14.2. The Hall–Kier alpha value is -2.48. The van der Waals surface area contributed by atoms with Gasteiger partial charge < -0.3 is 15.6 Å². The second-order valence-electron chi connectivity index (χ2n) is 6.33. The SMILES string of the molecule is NC1(c2noc(-c3cc(N4CCNC4=O)ccc3F)n2)CCCC1. The summed E-state index contributed by atoms with van der Waals surface area (Å²) in [6.07, 6.45) is 3.63. The lowest BCUT2D eigenvalue weighted by molar-refractivity contribution is 0.252. The van der Waals surface area contributed by atoms with Crippen LogP contribution in [0.2, 0.25) is 0 Å². The third-order valence-electron chi connectivity index (χ3n) is 4.72. The molecule has 1 aliphatic carbocycles. The molecule has 2 fully saturated rings. The first-order valence-corrected chi connectivity index (χ1v) is 8.05. The number of nitrogens with one attached hydrogen (secondary N) is 1. The number of halogens is 1. The minimum absolute atomic E-state index is 0.0840. The van der Waals surface area contributed by atoms with E-state index in [-0.39, 0.29) is 17.5 Å². The summed E-state index contributed by atoms with van der Waals surface area (Å²) in [6, 6.07) is 4.21. The van der Waals surface area contributed by atoms with E-state index in [2.05, 4.69) is 15.5 Å². The van der Waals surface area contributed by atoms with E-state index in [0.717, 1.165) is 25.7 Å². The number of hydrogen-bond donors (Lipinski definition) is 2. The van der Waals surface area contributed by atoms with E-state index in [1.54, 1.807) is 17.0 Å². The van der Waals surface area contributed by atoms with E-state index in [4.69, 9.17) is 10.3 Å². The third kappa shape index (κ3) is 2.43. The van der Waals surface area contributed by atoms with Crippen molar-refractivity contribution in [1.29, 1.82) is 0 Å². The molecule has 1 aliphatic heterocycles. The first-order valence-electron chi connectivity index (χ1n) is 8.05. The molecule has 1 saturated carbocycles. The molecule has 0 radical (unpaired) electrons. The second kappa shape index (κ2) is 5.55. The van der Waals surface area contributed by atoms with Gasteiger partial charge in [-0.05, 0) is 31.0 Å². The van der Waals surface area contributed by atoms with Crippen molar-refractivity contribution < 1.29 is 13.7 Å². The molecule has 0 bridgehead atoms. The van der Waals surface area contributed by atoms with Gasteiger partial charge in [0.15, 0.2) is 5.82 Å². The minimum atomic E-state index is -0.593. The number of hydrogen-bond acceptors (Lipinski definition) is 5. The average Bonchev–Trinajstić information content (AvgIpc) is 3.29. The molecule has 0 atom stereocenters. The standard InChI is InChI=1S/C16H18FN5O2/c17-12-4-3-10(22-8-7-19-15(22)23)9-11(12)13-20-14(21-24-13)16(18)5-1-2-6-16/h3-4,9H,1-2,5-8,18H2,(H,19,23). The van der Waals surface area contributed by atoms with Crippen molar-refractivity contribution in [3.05, 3.63) is 29.8 Å². The Morgan fingerprint density at radius 1 is 1.33 bits per heavy atom.